The molecule has 3 aliphatic heterocycles. The van der Waals surface area contributed by atoms with Crippen molar-refractivity contribution in [3.63, 3.8) is 0 Å². The molecule has 2 N–H and O–H groups in total. The Balaban J connectivity index is 1.33. The van der Waals surface area contributed by atoms with E-state index in [4.69, 9.17) is 25.2 Å². The van der Waals surface area contributed by atoms with Gasteiger partial charge in [0.05, 0.1) is 18.3 Å². The summed E-state index contributed by atoms with van der Waals surface area (Å²) in [4.78, 5) is 28.4. The van der Waals surface area contributed by atoms with Gasteiger partial charge in [-0.1, -0.05) is 30.3 Å². The first-order chi connectivity index (χ1) is 20.4. The molecule has 42 heavy (non-hydrogen) atoms. The number of nitriles is 1. The van der Waals surface area contributed by atoms with Gasteiger partial charge >= 0.3 is 12.1 Å². The monoisotopic (exact) mass is 569 g/mol. The number of nitrogens with two attached hydrogens (primary N) is 1. The normalized spacial score (nSPS) is 22.5. The zero-order chi connectivity index (χ0) is 29.2. The molecule has 4 heterocycles. The fourth-order valence-corrected chi connectivity index (χ4v) is 6.87. The highest BCUT2D eigenvalue weighted by Crippen LogP contribution is 2.37. The number of hydrogen-bond donors (Lipinski definition) is 1. The number of carbonyl (C=O) groups excluding carboxylic acids is 1. The zero-order valence-electron chi connectivity index (χ0n) is 24.5. The Hall–Kier alpha value is -4.10. The second kappa shape index (κ2) is 12.0. The molecule has 0 aliphatic carbocycles. The third-order valence-electron chi connectivity index (χ3n) is 9.12. The van der Waals surface area contributed by atoms with Crippen molar-refractivity contribution in [2.75, 3.05) is 49.6 Å². The highest BCUT2D eigenvalue weighted by molar-refractivity contribution is 5.97. The number of carbonyl (C=O) groups is 1. The van der Waals surface area contributed by atoms with Crippen molar-refractivity contribution >= 4 is 28.4 Å². The summed E-state index contributed by atoms with van der Waals surface area (Å²) in [6, 6.07) is 15.9. The molecule has 10 heteroatoms. The summed E-state index contributed by atoms with van der Waals surface area (Å²) in [7, 11) is 2.14. The van der Waals surface area contributed by atoms with E-state index in [1.165, 1.54) is 28.4 Å². The van der Waals surface area contributed by atoms with Crippen molar-refractivity contribution in [2.24, 2.45) is 11.7 Å². The van der Waals surface area contributed by atoms with Crippen LogP contribution in [-0.2, 0) is 17.7 Å². The summed E-state index contributed by atoms with van der Waals surface area (Å²) >= 11 is 0. The number of aromatic nitrogens is 2. The minimum Gasteiger partial charge on any atom is -0.462 e. The van der Waals surface area contributed by atoms with E-state index in [1.54, 1.807) is 0 Å². The SMILES string of the molecule is Cc1cccc2cccc(N3CCc4c(nc(OCC5CCCN5C)nc4N4CC[C@H](OC(N)=O)[C@@H](CC#N)C4)C3)c12. The maximum Gasteiger partial charge on any atom is 0.404 e. The van der Waals surface area contributed by atoms with Crippen molar-refractivity contribution in [2.45, 2.75) is 57.7 Å². The number of fused-ring (bicyclic) bond motifs is 2. The third kappa shape index (κ3) is 5.66. The average molecular weight is 570 g/mol. The number of benzene rings is 2. The topological polar surface area (TPSA) is 121 Å². The van der Waals surface area contributed by atoms with Gasteiger partial charge in [0.1, 0.15) is 18.5 Å². The van der Waals surface area contributed by atoms with Crippen LogP contribution >= 0.6 is 0 Å². The van der Waals surface area contributed by atoms with Crippen LogP contribution in [0.2, 0.25) is 0 Å². The molecular formula is C32H39N7O3. The molecular weight excluding hydrogens is 530 g/mol. The molecule has 220 valence electrons. The molecule has 3 atom stereocenters. The highest BCUT2D eigenvalue weighted by atomic mass is 16.6. The molecule has 3 aromatic rings. The number of nitrogens with zero attached hydrogens (tertiary/aromatic N) is 6. The van der Waals surface area contributed by atoms with Crippen LogP contribution in [0.15, 0.2) is 36.4 Å². The van der Waals surface area contributed by atoms with E-state index < -0.39 is 6.09 Å². The highest BCUT2D eigenvalue weighted by Gasteiger charge is 2.35. The number of likely N-dealkylation sites (tertiary alicyclic amines) is 1. The molecule has 1 amide bonds. The minimum atomic E-state index is -0.799. The number of anilines is 2. The van der Waals surface area contributed by atoms with Gasteiger partial charge < -0.3 is 29.9 Å². The average Bonchev–Trinajstić information content (AvgIpc) is 3.40. The molecule has 10 nitrogen and oxygen atoms in total. The molecule has 1 aromatic heterocycles. The molecule has 0 spiro atoms. The van der Waals surface area contributed by atoms with Gasteiger partial charge in [0.15, 0.2) is 0 Å². The minimum absolute atomic E-state index is 0.155. The lowest BCUT2D eigenvalue weighted by Gasteiger charge is -2.39. The first-order valence-corrected chi connectivity index (χ1v) is 15.0. The van der Waals surface area contributed by atoms with E-state index in [9.17, 15) is 10.1 Å². The summed E-state index contributed by atoms with van der Waals surface area (Å²) in [6.45, 7) is 6.47. The molecule has 6 rings (SSSR count). The summed E-state index contributed by atoms with van der Waals surface area (Å²) in [5, 5.41) is 12.0. The fraction of sp³-hybridized carbons (Fsp3) is 0.500. The van der Waals surface area contributed by atoms with E-state index in [1.807, 2.05) is 0 Å². The molecule has 0 bridgehead atoms. The summed E-state index contributed by atoms with van der Waals surface area (Å²) in [5.41, 5.74) is 9.90. The lowest BCUT2D eigenvalue weighted by atomic mass is 9.91. The molecule has 2 fully saturated rings. The molecule has 0 saturated carbocycles. The lowest BCUT2D eigenvalue weighted by Crippen LogP contribution is -2.46. The quantitative estimate of drug-likeness (QED) is 0.447. The van der Waals surface area contributed by atoms with Crippen molar-refractivity contribution in [1.29, 1.82) is 5.26 Å². The van der Waals surface area contributed by atoms with Crippen molar-refractivity contribution < 1.29 is 14.3 Å². The van der Waals surface area contributed by atoms with Crippen molar-refractivity contribution in [1.82, 2.24) is 14.9 Å². The van der Waals surface area contributed by atoms with Gasteiger partial charge in [-0.05, 0) is 56.8 Å². The van der Waals surface area contributed by atoms with Crippen LogP contribution < -0.4 is 20.3 Å². The van der Waals surface area contributed by atoms with Crippen LogP contribution in [0, 0.1) is 24.2 Å². The number of hydrogen-bond acceptors (Lipinski definition) is 9. The largest absolute Gasteiger partial charge is 0.462 e. The first kappa shape index (κ1) is 28.0. The van der Waals surface area contributed by atoms with Gasteiger partial charge in [0, 0.05) is 61.1 Å². The van der Waals surface area contributed by atoms with Crippen molar-refractivity contribution in [3.05, 3.63) is 53.2 Å². The summed E-state index contributed by atoms with van der Waals surface area (Å²) < 4.78 is 11.7. The molecule has 3 aliphatic rings. The standard InChI is InChI=1S/C32H39N7O3/c1-21-6-3-7-22-8-4-10-27(29(21)22)38-16-12-25-26(19-38)35-32(41-20-24-9-5-15-37(24)2)36-30(25)39-17-13-28(42-31(34)40)23(18-39)11-14-33/h3-4,6-8,10,23-24,28H,5,9,11-13,15-20H2,1-2H3,(H2,34,40)/t23-,24?,28-/m0/s1. The summed E-state index contributed by atoms with van der Waals surface area (Å²) in [5.74, 6) is 0.709. The number of rotatable bonds is 7. The van der Waals surface area contributed by atoms with Crippen LogP contribution in [0.25, 0.3) is 10.8 Å². The Kier molecular flexibility index (Phi) is 8.02. The van der Waals surface area contributed by atoms with E-state index >= 15 is 0 Å². The van der Waals surface area contributed by atoms with Crippen molar-refractivity contribution in [3.8, 4) is 12.1 Å². The van der Waals surface area contributed by atoms with Gasteiger partial charge in [-0.2, -0.15) is 15.2 Å². The third-order valence-corrected chi connectivity index (χ3v) is 9.12. The molecule has 1 unspecified atom stereocenters. The number of aryl methyl sites for hydroxylation is 1. The van der Waals surface area contributed by atoms with Crippen LogP contribution in [0.4, 0.5) is 16.3 Å². The molecule has 0 radical (unpaired) electrons. The number of piperidine rings is 1. The van der Waals surface area contributed by atoms with Gasteiger partial charge in [-0.15, -0.1) is 0 Å². The molecule has 2 saturated heterocycles. The second-order valence-electron chi connectivity index (χ2n) is 11.8. The van der Waals surface area contributed by atoms with Gasteiger partial charge in [0.25, 0.3) is 0 Å². The fourth-order valence-electron chi connectivity index (χ4n) is 6.87. The van der Waals surface area contributed by atoms with Crippen LogP contribution in [0.3, 0.4) is 0 Å². The Labute approximate surface area is 247 Å². The van der Waals surface area contributed by atoms with Gasteiger partial charge in [-0.3, -0.25) is 0 Å². The zero-order valence-corrected chi connectivity index (χ0v) is 24.5. The number of ether oxygens (including phenoxy) is 2. The van der Waals surface area contributed by atoms with Crippen LogP contribution in [-0.4, -0.2) is 72.9 Å². The maximum atomic E-state index is 11.5. The first-order valence-electron chi connectivity index (χ1n) is 15.0. The number of amides is 1. The predicted octanol–water partition coefficient (Wildman–Crippen LogP) is 4.18. The second-order valence-corrected chi connectivity index (χ2v) is 11.8. The smallest absolute Gasteiger partial charge is 0.404 e. The number of primary amides is 1. The van der Waals surface area contributed by atoms with E-state index in [0.717, 1.165) is 43.0 Å². The van der Waals surface area contributed by atoms with Gasteiger partial charge in [-0.25, -0.2) is 4.79 Å². The Bertz CT molecular complexity index is 1500. The van der Waals surface area contributed by atoms with Crippen LogP contribution in [0.1, 0.15) is 42.5 Å². The molecule has 2 aromatic carbocycles. The lowest BCUT2D eigenvalue weighted by molar-refractivity contribution is 0.0567. The van der Waals surface area contributed by atoms with Crippen LogP contribution in [0.5, 0.6) is 6.01 Å². The number of likely N-dealkylation sites (N-methyl/N-ethyl adjacent to an activating group) is 1. The Morgan fingerprint density at radius 1 is 1.12 bits per heavy atom. The Morgan fingerprint density at radius 3 is 2.71 bits per heavy atom. The maximum absolute atomic E-state index is 11.5. The Morgan fingerprint density at radius 2 is 1.95 bits per heavy atom. The van der Waals surface area contributed by atoms with E-state index in [0.29, 0.717) is 44.7 Å². The van der Waals surface area contributed by atoms with E-state index in [-0.39, 0.29) is 18.4 Å². The predicted molar refractivity (Wildman–Crippen MR) is 162 cm³/mol. The summed E-state index contributed by atoms with van der Waals surface area (Å²) in [6.07, 6.45) is 2.74. The van der Waals surface area contributed by atoms with Gasteiger partial charge in [0.2, 0.25) is 0 Å². The van der Waals surface area contributed by atoms with E-state index in [2.05, 4.69) is 71.1 Å².